The molecule has 2 aromatic rings. The molecule has 1 fully saturated rings. The summed E-state index contributed by atoms with van der Waals surface area (Å²) in [5.41, 5.74) is 1.09. The second-order valence-electron chi connectivity index (χ2n) is 6.52. The molecule has 1 heterocycles. The molecule has 3 rings (SSSR count). The van der Waals surface area contributed by atoms with Gasteiger partial charge in [0.05, 0.1) is 11.8 Å². The lowest BCUT2D eigenvalue weighted by atomic mass is 10.1. The van der Waals surface area contributed by atoms with Crippen LogP contribution in [0.25, 0.3) is 0 Å². The highest BCUT2D eigenvalue weighted by Gasteiger charge is 2.43. The van der Waals surface area contributed by atoms with E-state index < -0.39 is 45.4 Å². The first-order chi connectivity index (χ1) is 12.8. The summed E-state index contributed by atoms with van der Waals surface area (Å²) in [5.74, 6) is -1.79. The molecule has 142 valence electrons. The molecule has 0 aromatic heterocycles. The Hall–Kier alpha value is -2.87. The molecule has 2 atom stereocenters. The van der Waals surface area contributed by atoms with Gasteiger partial charge >= 0.3 is 0 Å². The lowest BCUT2D eigenvalue weighted by molar-refractivity contribution is -0.125. The SMILES string of the molecule is C[C@@H](NC(=O)[C@@H]1CS(=O)(=O)CN1C(=O)c1ccccc1)c1ccc(O)cc1. The number of hydrogen-bond donors (Lipinski definition) is 2. The summed E-state index contributed by atoms with van der Waals surface area (Å²) in [6, 6.07) is 13.1. The summed E-state index contributed by atoms with van der Waals surface area (Å²) in [4.78, 5) is 26.5. The first-order valence-corrected chi connectivity index (χ1v) is 10.2. The number of nitrogens with one attached hydrogen (secondary N) is 1. The Morgan fingerprint density at radius 2 is 1.74 bits per heavy atom. The number of aromatic hydroxyl groups is 1. The van der Waals surface area contributed by atoms with Crippen molar-refractivity contribution in [2.24, 2.45) is 0 Å². The number of nitrogens with zero attached hydrogens (tertiary/aromatic N) is 1. The first-order valence-electron chi connectivity index (χ1n) is 8.42. The molecule has 8 heteroatoms. The van der Waals surface area contributed by atoms with E-state index in [2.05, 4.69) is 5.32 Å². The van der Waals surface area contributed by atoms with Crippen molar-refractivity contribution in [2.45, 2.75) is 19.0 Å². The second-order valence-corrected chi connectivity index (χ2v) is 8.60. The standard InChI is InChI=1S/C19H20N2O5S/c1-13(14-7-9-16(22)10-8-14)20-18(23)17-11-27(25,26)12-21(17)19(24)15-5-3-2-4-6-15/h2-10,13,17,22H,11-12H2,1H3,(H,20,23)/t13-,17+/m1/s1. The number of carbonyl (C=O) groups is 2. The topological polar surface area (TPSA) is 104 Å². The van der Waals surface area contributed by atoms with Crippen molar-refractivity contribution >= 4 is 21.7 Å². The lowest BCUT2D eigenvalue weighted by Gasteiger charge is -2.24. The predicted octanol–water partition coefficient (Wildman–Crippen LogP) is 1.47. The maximum absolute atomic E-state index is 12.7. The number of amides is 2. The van der Waals surface area contributed by atoms with Crippen molar-refractivity contribution in [3.8, 4) is 5.75 Å². The van der Waals surface area contributed by atoms with E-state index in [1.54, 1.807) is 49.4 Å². The average Bonchev–Trinajstić information content (AvgIpc) is 2.98. The zero-order valence-electron chi connectivity index (χ0n) is 14.7. The molecule has 1 aliphatic heterocycles. The molecule has 0 spiro atoms. The molecule has 27 heavy (non-hydrogen) atoms. The maximum Gasteiger partial charge on any atom is 0.255 e. The van der Waals surface area contributed by atoms with Gasteiger partial charge in [-0.25, -0.2) is 8.42 Å². The monoisotopic (exact) mass is 388 g/mol. The fourth-order valence-corrected chi connectivity index (χ4v) is 4.64. The minimum atomic E-state index is -3.54. The molecule has 2 aromatic carbocycles. The highest BCUT2D eigenvalue weighted by atomic mass is 32.2. The fourth-order valence-electron chi connectivity index (χ4n) is 3.00. The number of hydrogen-bond acceptors (Lipinski definition) is 5. The molecule has 0 aliphatic carbocycles. The number of phenols is 1. The van der Waals surface area contributed by atoms with Gasteiger partial charge in [-0.15, -0.1) is 0 Å². The van der Waals surface area contributed by atoms with E-state index >= 15 is 0 Å². The summed E-state index contributed by atoms with van der Waals surface area (Å²) in [6.07, 6.45) is 0. The molecular weight excluding hydrogens is 368 g/mol. The van der Waals surface area contributed by atoms with Gasteiger partial charge < -0.3 is 15.3 Å². The van der Waals surface area contributed by atoms with Crippen molar-refractivity contribution < 1.29 is 23.1 Å². The van der Waals surface area contributed by atoms with Crippen molar-refractivity contribution in [2.75, 3.05) is 11.6 Å². The third-order valence-corrected chi connectivity index (χ3v) is 5.96. The molecule has 7 nitrogen and oxygen atoms in total. The van der Waals surface area contributed by atoms with Crippen molar-refractivity contribution in [1.82, 2.24) is 10.2 Å². The summed E-state index contributed by atoms with van der Waals surface area (Å²) in [5, 5.41) is 12.1. The molecule has 2 N–H and O–H groups in total. The predicted molar refractivity (Wildman–Crippen MR) is 99.7 cm³/mol. The summed E-state index contributed by atoms with van der Waals surface area (Å²) in [7, 11) is -3.54. The van der Waals surface area contributed by atoms with Crippen LogP contribution in [0.1, 0.15) is 28.9 Å². The van der Waals surface area contributed by atoms with E-state index in [4.69, 9.17) is 0 Å². The lowest BCUT2D eigenvalue weighted by Crippen LogP contribution is -2.47. The maximum atomic E-state index is 12.7. The summed E-state index contributed by atoms with van der Waals surface area (Å²) < 4.78 is 24.2. The van der Waals surface area contributed by atoms with Gasteiger partial charge in [0.25, 0.3) is 5.91 Å². The van der Waals surface area contributed by atoms with E-state index in [-0.39, 0.29) is 5.75 Å². The van der Waals surface area contributed by atoms with E-state index in [0.29, 0.717) is 5.56 Å². The van der Waals surface area contributed by atoms with Crippen LogP contribution in [0.2, 0.25) is 0 Å². The molecule has 0 saturated carbocycles. The van der Waals surface area contributed by atoms with E-state index in [9.17, 15) is 23.1 Å². The molecule has 0 bridgehead atoms. The average molecular weight is 388 g/mol. The molecule has 0 unspecified atom stereocenters. The Bertz CT molecular complexity index is 942. The van der Waals surface area contributed by atoms with Gasteiger partial charge in [-0.3, -0.25) is 9.59 Å². The van der Waals surface area contributed by atoms with Crippen molar-refractivity contribution in [3.63, 3.8) is 0 Å². The van der Waals surface area contributed by atoms with Gasteiger partial charge in [-0.1, -0.05) is 30.3 Å². The van der Waals surface area contributed by atoms with Gasteiger partial charge in [-0.05, 0) is 36.8 Å². The van der Waals surface area contributed by atoms with Crippen LogP contribution in [-0.2, 0) is 14.6 Å². The Morgan fingerprint density at radius 3 is 2.37 bits per heavy atom. The van der Waals surface area contributed by atoms with Gasteiger partial charge in [0, 0.05) is 5.56 Å². The zero-order valence-corrected chi connectivity index (χ0v) is 15.5. The Kier molecular flexibility index (Phi) is 5.18. The van der Waals surface area contributed by atoms with Gasteiger partial charge in [0.15, 0.2) is 9.84 Å². The second kappa shape index (κ2) is 7.40. The Labute approximate surface area is 157 Å². The number of rotatable bonds is 4. The Morgan fingerprint density at radius 1 is 1.11 bits per heavy atom. The largest absolute Gasteiger partial charge is 0.508 e. The van der Waals surface area contributed by atoms with Crippen LogP contribution in [-0.4, -0.2) is 47.9 Å². The van der Waals surface area contributed by atoms with E-state index in [1.165, 1.54) is 12.1 Å². The molecule has 1 aliphatic rings. The van der Waals surface area contributed by atoms with Crippen LogP contribution in [0, 0.1) is 0 Å². The number of sulfone groups is 1. The van der Waals surface area contributed by atoms with E-state index in [1.807, 2.05) is 0 Å². The first kappa shape index (κ1) is 18.9. The fraction of sp³-hybridized carbons (Fsp3) is 0.263. The van der Waals surface area contributed by atoms with Gasteiger partial charge in [-0.2, -0.15) is 0 Å². The van der Waals surface area contributed by atoms with Crippen molar-refractivity contribution in [1.29, 1.82) is 0 Å². The normalized spacial score (nSPS) is 19.4. The minimum absolute atomic E-state index is 0.110. The van der Waals surface area contributed by atoms with Crippen molar-refractivity contribution in [3.05, 3.63) is 65.7 Å². The number of benzene rings is 2. The van der Waals surface area contributed by atoms with Crippen LogP contribution in [0.4, 0.5) is 0 Å². The highest BCUT2D eigenvalue weighted by Crippen LogP contribution is 2.21. The smallest absolute Gasteiger partial charge is 0.255 e. The van der Waals surface area contributed by atoms with Gasteiger partial charge in [0.2, 0.25) is 5.91 Å². The summed E-state index contributed by atoms with van der Waals surface area (Å²) in [6.45, 7) is 1.75. The van der Waals surface area contributed by atoms with Gasteiger partial charge in [0.1, 0.15) is 17.7 Å². The Balaban J connectivity index is 1.78. The third kappa shape index (κ3) is 4.28. The quantitative estimate of drug-likeness (QED) is 0.825. The van der Waals surface area contributed by atoms with Crippen LogP contribution in [0.5, 0.6) is 5.75 Å². The zero-order chi connectivity index (χ0) is 19.6. The summed E-state index contributed by atoms with van der Waals surface area (Å²) >= 11 is 0. The van der Waals surface area contributed by atoms with E-state index in [0.717, 1.165) is 10.5 Å². The molecular formula is C19H20N2O5S. The van der Waals surface area contributed by atoms with Crippen LogP contribution >= 0.6 is 0 Å². The van der Waals surface area contributed by atoms with Crippen LogP contribution in [0.3, 0.4) is 0 Å². The molecule has 2 amide bonds. The number of phenolic OH excluding ortho intramolecular Hbond substituents is 1. The minimum Gasteiger partial charge on any atom is -0.508 e. The molecule has 1 saturated heterocycles. The molecule has 0 radical (unpaired) electrons. The third-order valence-electron chi connectivity index (χ3n) is 4.46. The highest BCUT2D eigenvalue weighted by molar-refractivity contribution is 7.91. The van der Waals surface area contributed by atoms with Crippen LogP contribution in [0.15, 0.2) is 54.6 Å². The van der Waals surface area contributed by atoms with Crippen LogP contribution < -0.4 is 5.32 Å². The number of carbonyl (C=O) groups excluding carboxylic acids is 2.